The fourth-order valence-electron chi connectivity index (χ4n) is 1.07. The Bertz CT molecular complexity index is 242. The minimum Gasteiger partial charge on any atom is -0.289 e. The summed E-state index contributed by atoms with van der Waals surface area (Å²) in [4.78, 5) is 11.2. The highest BCUT2D eigenvalue weighted by Gasteiger charge is 2.32. The van der Waals surface area contributed by atoms with Gasteiger partial charge in [-0.2, -0.15) is 5.10 Å². The van der Waals surface area contributed by atoms with E-state index in [2.05, 4.69) is 16.0 Å². The topological polar surface area (TPSA) is 56.7 Å². The first-order chi connectivity index (χ1) is 5.81. The Morgan fingerprint density at radius 2 is 2.67 bits per heavy atom. The van der Waals surface area contributed by atoms with Crippen LogP contribution in [0.1, 0.15) is 13.3 Å². The molecule has 1 unspecified atom stereocenters. The maximum Gasteiger partial charge on any atom is 0.253 e. The molecule has 2 heterocycles. The Morgan fingerprint density at radius 1 is 1.83 bits per heavy atom. The van der Waals surface area contributed by atoms with E-state index in [9.17, 15) is 4.79 Å². The van der Waals surface area contributed by atoms with Crippen LogP contribution in [0.2, 0.25) is 0 Å². The average Bonchev–Trinajstić information content (AvgIpc) is 2.47. The number of hydrogen-bond acceptors (Lipinski definition) is 5. The normalized spacial score (nSPS) is 28.1. The number of hydrogen-bond donors (Lipinski definition) is 2. The van der Waals surface area contributed by atoms with Gasteiger partial charge in [-0.3, -0.25) is 10.2 Å². The summed E-state index contributed by atoms with van der Waals surface area (Å²) in [6.45, 7) is 2.03. The van der Waals surface area contributed by atoms with Crippen LogP contribution in [-0.4, -0.2) is 28.0 Å². The summed E-state index contributed by atoms with van der Waals surface area (Å²) in [5, 5.41) is 6.32. The molecule has 0 bridgehead atoms. The lowest BCUT2D eigenvalue weighted by atomic mass is 10.4. The molecule has 2 aliphatic rings. The third kappa shape index (κ3) is 1.16. The molecule has 0 radical (unpaired) electrons. The van der Waals surface area contributed by atoms with E-state index in [1.807, 2.05) is 6.92 Å². The van der Waals surface area contributed by atoms with Gasteiger partial charge in [0, 0.05) is 0 Å². The van der Waals surface area contributed by atoms with E-state index < -0.39 is 0 Å². The fourth-order valence-corrected chi connectivity index (χ4v) is 1.85. The molecule has 6 heteroatoms. The van der Waals surface area contributed by atoms with Gasteiger partial charge in [-0.1, -0.05) is 18.7 Å². The van der Waals surface area contributed by atoms with Crippen molar-refractivity contribution < 1.29 is 4.79 Å². The van der Waals surface area contributed by atoms with Gasteiger partial charge in [0.2, 0.25) is 5.17 Å². The van der Waals surface area contributed by atoms with Gasteiger partial charge >= 0.3 is 0 Å². The minimum atomic E-state index is 0.0800. The highest BCUT2D eigenvalue weighted by atomic mass is 32.2. The van der Waals surface area contributed by atoms with Crippen LogP contribution < -0.4 is 10.9 Å². The van der Waals surface area contributed by atoms with Crippen molar-refractivity contribution in [1.82, 2.24) is 15.9 Å². The molecule has 1 fully saturated rings. The molecule has 0 saturated carbocycles. The van der Waals surface area contributed by atoms with Gasteiger partial charge in [0.25, 0.3) is 5.91 Å². The van der Waals surface area contributed by atoms with Crippen LogP contribution >= 0.6 is 11.8 Å². The predicted molar refractivity (Wildman–Crippen MR) is 47.1 cm³/mol. The zero-order valence-corrected chi connectivity index (χ0v) is 7.52. The quantitative estimate of drug-likeness (QED) is 0.589. The third-order valence-electron chi connectivity index (χ3n) is 1.77. The van der Waals surface area contributed by atoms with Crippen molar-refractivity contribution in [2.24, 2.45) is 5.10 Å². The van der Waals surface area contributed by atoms with Crippen molar-refractivity contribution in [2.75, 3.05) is 5.75 Å². The van der Waals surface area contributed by atoms with E-state index in [4.69, 9.17) is 0 Å². The first-order valence-electron chi connectivity index (χ1n) is 3.86. The van der Waals surface area contributed by atoms with E-state index in [1.54, 1.807) is 0 Å². The molecule has 1 amide bonds. The molecule has 5 nitrogen and oxygen atoms in total. The second-order valence-corrected chi connectivity index (χ2v) is 3.57. The molecular formula is C6H10N4OS. The average molecular weight is 186 g/mol. The van der Waals surface area contributed by atoms with Gasteiger partial charge < -0.3 is 0 Å². The van der Waals surface area contributed by atoms with Crippen molar-refractivity contribution in [3.05, 3.63) is 0 Å². The zero-order chi connectivity index (χ0) is 8.55. The maximum atomic E-state index is 11.2. The SMILES string of the molecule is CCC1NN=C2SCC(=O)N2N1. The first kappa shape index (κ1) is 7.88. The van der Waals surface area contributed by atoms with Gasteiger partial charge in [0.05, 0.1) is 5.75 Å². The van der Waals surface area contributed by atoms with Gasteiger partial charge in [-0.05, 0) is 6.42 Å². The largest absolute Gasteiger partial charge is 0.289 e. The molecule has 2 rings (SSSR count). The number of hydrazine groups is 1. The number of nitrogens with zero attached hydrogens (tertiary/aromatic N) is 2. The Balaban J connectivity index is 2.14. The second-order valence-electron chi connectivity index (χ2n) is 2.63. The van der Waals surface area contributed by atoms with Gasteiger partial charge in [-0.25, -0.2) is 10.4 Å². The number of fused-ring (bicyclic) bond motifs is 1. The molecule has 2 N–H and O–H groups in total. The number of amidine groups is 1. The highest BCUT2D eigenvalue weighted by molar-refractivity contribution is 8.15. The number of nitrogens with one attached hydrogen (secondary N) is 2. The van der Waals surface area contributed by atoms with Crippen LogP contribution in [0.25, 0.3) is 0 Å². The van der Waals surface area contributed by atoms with Crippen LogP contribution in [0.15, 0.2) is 5.10 Å². The lowest BCUT2D eigenvalue weighted by Gasteiger charge is -2.28. The van der Waals surface area contributed by atoms with Crippen molar-refractivity contribution in [3.63, 3.8) is 0 Å². The molecule has 12 heavy (non-hydrogen) atoms. The zero-order valence-electron chi connectivity index (χ0n) is 6.70. The Labute approximate surface area is 74.5 Å². The molecule has 0 aromatic rings. The fraction of sp³-hybridized carbons (Fsp3) is 0.667. The monoisotopic (exact) mass is 186 g/mol. The summed E-state index contributed by atoms with van der Waals surface area (Å²) in [6, 6.07) is 0. The van der Waals surface area contributed by atoms with Crippen LogP contribution in [0.3, 0.4) is 0 Å². The number of amides is 1. The Kier molecular flexibility index (Phi) is 1.93. The lowest BCUT2D eigenvalue weighted by molar-refractivity contribution is -0.127. The summed E-state index contributed by atoms with van der Waals surface area (Å²) in [7, 11) is 0. The Hall–Kier alpha value is -0.750. The number of rotatable bonds is 1. The minimum absolute atomic E-state index is 0.0800. The van der Waals surface area contributed by atoms with E-state index in [0.717, 1.165) is 11.6 Å². The van der Waals surface area contributed by atoms with E-state index in [1.165, 1.54) is 16.8 Å². The smallest absolute Gasteiger partial charge is 0.253 e. The summed E-state index contributed by atoms with van der Waals surface area (Å²) in [6.07, 6.45) is 0.974. The summed E-state index contributed by atoms with van der Waals surface area (Å²) in [5.74, 6) is 0.572. The molecule has 1 saturated heterocycles. The van der Waals surface area contributed by atoms with E-state index in [0.29, 0.717) is 5.75 Å². The van der Waals surface area contributed by atoms with Crippen molar-refractivity contribution in [2.45, 2.75) is 19.5 Å². The number of carbonyl (C=O) groups excluding carboxylic acids is 1. The number of thioether (sulfide) groups is 1. The van der Waals surface area contributed by atoms with Gasteiger partial charge in [0.15, 0.2) is 0 Å². The maximum absolute atomic E-state index is 11.2. The first-order valence-corrected chi connectivity index (χ1v) is 4.85. The second kappa shape index (κ2) is 2.95. The molecule has 2 aliphatic heterocycles. The molecule has 0 aromatic heterocycles. The molecule has 1 atom stereocenters. The number of hydrazone groups is 1. The van der Waals surface area contributed by atoms with Crippen LogP contribution in [0.4, 0.5) is 0 Å². The van der Waals surface area contributed by atoms with Crippen molar-refractivity contribution in [3.8, 4) is 0 Å². The Morgan fingerprint density at radius 3 is 3.42 bits per heavy atom. The summed E-state index contributed by atoms with van der Waals surface area (Å²) < 4.78 is 0. The summed E-state index contributed by atoms with van der Waals surface area (Å²) >= 11 is 1.45. The highest BCUT2D eigenvalue weighted by Crippen LogP contribution is 2.19. The third-order valence-corrected chi connectivity index (χ3v) is 2.70. The van der Waals surface area contributed by atoms with Crippen LogP contribution in [0.5, 0.6) is 0 Å². The number of carbonyl (C=O) groups is 1. The lowest BCUT2D eigenvalue weighted by Crippen LogP contribution is -2.56. The van der Waals surface area contributed by atoms with Crippen molar-refractivity contribution >= 4 is 22.8 Å². The molecule has 66 valence electrons. The summed E-state index contributed by atoms with van der Waals surface area (Å²) in [5.41, 5.74) is 5.96. The van der Waals surface area contributed by atoms with Crippen LogP contribution in [0, 0.1) is 0 Å². The predicted octanol–water partition coefficient (Wildman–Crippen LogP) is -0.323. The van der Waals surface area contributed by atoms with Crippen molar-refractivity contribution in [1.29, 1.82) is 0 Å². The van der Waals surface area contributed by atoms with Gasteiger partial charge in [0.1, 0.15) is 6.17 Å². The molecule has 0 spiro atoms. The molecular weight excluding hydrogens is 176 g/mol. The molecule has 0 aromatic carbocycles. The van der Waals surface area contributed by atoms with E-state index in [-0.39, 0.29) is 12.1 Å². The van der Waals surface area contributed by atoms with Gasteiger partial charge in [-0.15, -0.1) is 0 Å². The molecule has 0 aliphatic carbocycles. The van der Waals surface area contributed by atoms with Crippen LogP contribution in [-0.2, 0) is 4.79 Å². The standard InChI is InChI=1S/C6H10N4OS/c1-2-4-7-8-6-10(9-4)5(11)3-12-6/h4,7,9H,2-3H2,1H3. The van der Waals surface area contributed by atoms with E-state index >= 15 is 0 Å².